The fourth-order valence-electron chi connectivity index (χ4n) is 2.92. The van der Waals surface area contributed by atoms with Crippen LogP contribution < -0.4 is 10.2 Å². The van der Waals surface area contributed by atoms with E-state index in [1.807, 2.05) is 6.20 Å². The van der Waals surface area contributed by atoms with Crippen molar-refractivity contribution in [2.75, 3.05) is 37.6 Å². The van der Waals surface area contributed by atoms with Gasteiger partial charge in [-0.25, -0.2) is 15.0 Å². The fourth-order valence-corrected chi connectivity index (χ4v) is 3.73. The van der Waals surface area contributed by atoms with Gasteiger partial charge in [0.2, 0.25) is 11.0 Å². The van der Waals surface area contributed by atoms with Crippen molar-refractivity contribution < 1.29 is 4.42 Å². The topological polar surface area (TPSA) is 82.7 Å². The zero-order chi connectivity index (χ0) is 20.1. The van der Waals surface area contributed by atoms with E-state index in [2.05, 4.69) is 64.1 Å². The van der Waals surface area contributed by atoms with Crippen molar-refractivity contribution in [2.24, 2.45) is 4.99 Å². The van der Waals surface area contributed by atoms with Gasteiger partial charge >= 0.3 is 0 Å². The lowest BCUT2D eigenvalue weighted by atomic mass is 9.94. The predicted octanol–water partition coefficient (Wildman–Crippen LogP) is 3.29. The van der Waals surface area contributed by atoms with Crippen LogP contribution in [0.3, 0.4) is 0 Å². The summed E-state index contributed by atoms with van der Waals surface area (Å²) < 4.78 is 10.3. The summed E-state index contributed by atoms with van der Waals surface area (Å²) in [4.78, 5) is 18.3. The molecule has 0 bridgehead atoms. The van der Waals surface area contributed by atoms with Gasteiger partial charge in [-0.05, 0) is 6.92 Å². The summed E-state index contributed by atoms with van der Waals surface area (Å²) in [7, 11) is 0. The van der Waals surface area contributed by atoms with Crippen LogP contribution in [0.15, 0.2) is 15.6 Å². The Bertz CT molecular complexity index is 791. The SMILES string of the molecule is CCNC(=NCc1ncc(C(C)(C)C)o1)N1CCN(c2nc(CC)ns2)CC1.I. The molecule has 2 aromatic rings. The number of hydrogen-bond acceptors (Lipinski definition) is 7. The van der Waals surface area contributed by atoms with Crippen LogP contribution in [0.5, 0.6) is 0 Å². The molecule has 0 atom stereocenters. The summed E-state index contributed by atoms with van der Waals surface area (Å²) in [5.74, 6) is 3.38. The Hall–Kier alpha value is -1.43. The molecule has 0 unspecified atom stereocenters. The van der Waals surface area contributed by atoms with Crippen LogP contribution >= 0.6 is 35.5 Å². The number of piperazine rings is 1. The van der Waals surface area contributed by atoms with E-state index in [-0.39, 0.29) is 29.4 Å². The summed E-state index contributed by atoms with van der Waals surface area (Å²) in [5.41, 5.74) is -0.0435. The normalized spacial score (nSPS) is 15.4. The first-order valence-electron chi connectivity index (χ1n) is 9.96. The number of nitrogens with one attached hydrogen (secondary N) is 1. The van der Waals surface area contributed by atoms with E-state index in [1.54, 1.807) is 0 Å². The van der Waals surface area contributed by atoms with E-state index in [0.717, 1.165) is 61.8 Å². The highest BCUT2D eigenvalue weighted by Crippen LogP contribution is 2.23. The first-order valence-corrected chi connectivity index (χ1v) is 10.7. The highest BCUT2D eigenvalue weighted by atomic mass is 127. The minimum Gasteiger partial charge on any atom is -0.443 e. The summed E-state index contributed by atoms with van der Waals surface area (Å²) in [6.07, 6.45) is 2.69. The van der Waals surface area contributed by atoms with Crippen molar-refractivity contribution in [3.63, 3.8) is 0 Å². The molecular weight excluding hydrogens is 501 g/mol. The molecule has 10 heteroatoms. The predicted molar refractivity (Wildman–Crippen MR) is 129 cm³/mol. The van der Waals surface area contributed by atoms with Gasteiger partial charge in [0.25, 0.3) is 0 Å². The molecule has 8 nitrogen and oxygen atoms in total. The van der Waals surface area contributed by atoms with Gasteiger partial charge in [0.05, 0.1) is 6.20 Å². The molecule has 0 aromatic carbocycles. The molecule has 1 fully saturated rings. The zero-order valence-corrected chi connectivity index (χ0v) is 21.1. The van der Waals surface area contributed by atoms with Crippen LogP contribution in [0.1, 0.15) is 52.1 Å². The molecule has 162 valence electrons. The number of aromatic nitrogens is 3. The van der Waals surface area contributed by atoms with Crippen LogP contribution in [0.25, 0.3) is 0 Å². The molecule has 1 aliphatic rings. The van der Waals surface area contributed by atoms with E-state index in [9.17, 15) is 0 Å². The average Bonchev–Trinajstić information content (AvgIpc) is 3.34. The number of rotatable bonds is 5. The summed E-state index contributed by atoms with van der Waals surface area (Å²) in [5, 5.41) is 4.41. The van der Waals surface area contributed by atoms with E-state index >= 15 is 0 Å². The third-order valence-corrected chi connectivity index (χ3v) is 5.43. The number of halogens is 1. The molecule has 0 amide bonds. The van der Waals surface area contributed by atoms with Crippen LogP contribution in [0.2, 0.25) is 0 Å². The quantitative estimate of drug-likeness (QED) is 0.359. The van der Waals surface area contributed by atoms with Gasteiger partial charge in [-0.1, -0.05) is 27.7 Å². The van der Waals surface area contributed by atoms with Gasteiger partial charge in [-0.2, -0.15) is 4.37 Å². The molecule has 0 spiro atoms. The Kier molecular flexibility index (Phi) is 8.68. The van der Waals surface area contributed by atoms with Crippen molar-refractivity contribution in [3.8, 4) is 0 Å². The maximum atomic E-state index is 5.87. The Labute approximate surface area is 194 Å². The molecule has 3 rings (SSSR count). The Balaban J connectivity index is 0.00000300. The van der Waals surface area contributed by atoms with Crippen LogP contribution in [-0.4, -0.2) is 57.9 Å². The second kappa shape index (κ2) is 10.6. The van der Waals surface area contributed by atoms with Gasteiger partial charge in [0.1, 0.15) is 18.1 Å². The van der Waals surface area contributed by atoms with E-state index in [1.165, 1.54) is 11.5 Å². The first-order chi connectivity index (χ1) is 13.4. The van der Waals surface area contributed by atoms with Gasteiger partial charge < -0.3 is 19.5 Å². The van der Waals surface area contributed by atoms with E-state index in [0.29, 0.717) is 12.4 Å². The van der Waals surface area contributed by atoms with Crippen molar-refractivity contribution >= 4 is 46.6 Å². The first kappa shape index (κ1) is 23.8. The van der Waals surface area contributed by atoms with Gasteiger partial charge in [0.15, 0.2) is 5.96 Å². The average molecular weight is 533 g/mol. The van der Waals surface area contributed by atoms with Crippen molar-refractivity contribution in [3.05, 3.63) is 23.7 Å². The molecule has 0 radical (unpaired) electrons. The lowest BCUT2D eigenvalue weighted by molar-refractivity contribution is 0.366. The van der Waals surface area contributed by atoms with Crippen LogP contribution in [0, 0.1) is 0 Å². The third-order valence-electron chi connectivity index (χ3n) is 4.62. The Morgan fingerprint density at radius 1 is 1.24 bits per heavy atom. The minimum absolute atomic E-state index is 0. The van der Waals surface area contributed by atoms with Crippen molar-refractivity contribution in [2.45, 2.75) is 53.0 Å². The maximum Gasteiger partial charge on any atom is 0.216 e. The zero-order valence-electron chi connectivity index (χ0n) is 17.9. The number of aryl methyl sites for hydroxylation is 1. The van der Waals surface area contributed by atoms with Gasteiger partial charge in [0, 0.05) is 56.1 Å². The third kappa shape index (κ3) is 6.27. The van der Waals surface area contributed by atoms with Crippen molar-refractivity contribution in [1.82, 2.24) is 24.6 Å². The molecule has 0 saturated carbocycles. The largest absolute Gasteiger partial charge is 0.443 e. The highest BCUT2D eigenvalue weighted by molar-refractivity contribution is 14.0. The molecule has 2 aromatic heterocycles. The van der Waals surface area contributed by atoms with Crippen LogP contribution in [-0.2, 0) is 18.4 Å². The maximum absolute atomic E-state index is 5.87. The summed E-state index contributed by atoms with van der Waals surface area (Å²) in [6, 6.07) is 0. The molecule has 0 aliphatic carbocycles. The standard InChI is InChI=1S/C19H31N7OS.HI/c1-6-15-23-18(28-24-15)26-10-8-25(9-11-26)17(20-7-2)22-13-16-21-12-14(27-16)19(3,4)5;/h12H,6-11,13H2,1-5H3,(H,20,22);1H. The Morgan fingerprint density at radius 3 is 2.52 bits per heavy atom. The lowest BCUT2D eigenvalue weighted by Crippen LogP contribution is -2.52. The molecule has 1 N–H and O–H groups in total. The lowest BCUT2D eigenvalue weighted by Gasteiger charge is -2.36. The van der Waals surface area contributed by atoms with E-state index in [4.69, 9.17) is 9.41 Å². The van der Waals surface area contributed by atoms with E-state index < -0.39 is 0 Å². The second-order valence-corrected chi connectivity index (χ2v) is 8.59. The molecule has 1 saturated heterocycles. The highest BCUT2D eigenvalue weighted by Gasteiger charge is 2.23. The number of nitrogens with zero attached hydrogens (tertiary/aromatic N) is 6. The Morgan fingerprint density at radius 2 is 1.97 bits per heavy atom. The van der Waals surface area contributed by atoms with Gasteiger partial charge in [-0.3, -0.25) is 0 Å². The number of guanidine groups is 1. The van der Waals surface area contributed by atoms with Crippen LogP contribution in [0.4, 0.5) is 5.13 Å². The summed E-state index contributed by atoms with van der Waals surface area (Å²) >= 11 is 1.49. The minimum atomic E-state index is -0.0435. The molecular formula is C19H32IN7OS. The smallest absolute Gasteiger partial charge is 0.216 e. The number of oxazole rings is 1. The summed E-state index contributed by atoms with van der Waals surface area (Å²) in [6.45, 7) is 15.4. The second-order valence-electron chi connectivity index (χ2n) is 7.86. The number of anilines is 1. The molecule has 1 aliphatic heterocycles. The fraction of sp³-hybridized carbons (Fsp3) is 0.684. The number of hydrogen-bond donors (Lipinski definition) is 1. The monoisotopic (exact) mass is 533 g/mol. The molecule has 3 heterocycles. The molecule has 29 heavy (non-hydrogen) atoms. The number of aliphatic imine (C=N–C) groups is 1. The van der Waals surface area contributed by atoms with Crippen molar-refractivity contribution in [1.29, 1.82) is 0 Å². The van der Waals surface area contributed by atoms with Gasteiger partial charge in [-0.15, -0.1) is 24.0 Å².